The number of methoxy groups -OCH3 is 1. The molecule has 0 bridgehead atoms. The van der Waals surface area contributed by atoms with E-state index in [0.717, 1.165) is 29.5 Å². The Morgan fingerprint density at radius 3 is 2.70 bits per heavy atom. The Balaban J connectivity index is 2.79. The molecule has 20 heavy (non-hydrogen) atoms. The van der Waals surface area contributed by atoms with Gasteiger partial charge in [0.1, 0.15) is 6.61 Å². The summed E-state index contributed by atoms with van der Waals surface area (Å²) in [6.07, 6.45) is 1.31. The normalized spacial score (nSPS) is 12.2. The van der Waals surface area contributed by atoms with Crippen LogP contribution in [-0.4, -0.2) is 31.5 Å². The first kappa shape index (κ1) is 17.3. The summed E-state index contributed by atoms with van der Waals surface area (Å²) >= 11 is 3.51. The minimum atomic E-state index is -0.461. The Morgan fingerprint density at radius 1 is 1.35 bits per heavy atom. The third-order valence-corrected chi connectivity index (χ3v) is 3.53. The van der Waals surface area contributed by atoms with Gasteiger partial charge in [0.2, 0.25) is 0 Å². The fraction of sp³-hybridized carbons (Fsp3) is 0.600. The first-order valence-electron chi connectivity index (χ1n) is 7.00. The minimum absolute atomic E-state index is 0.263. The van der Waals surface area contributed by atoms with Gasteiger partial charge in [0.15, 0.2) is 11.5 Å². The van der Waals surface area contributed by atoms with E-state index < -0.39 is 6.10 Å². The molecule has 0 aliphatic heterocycles. The maximum Gasteiger partial charge on any atom is 0.175 e. The fourth-order valence-electron chi connectivity index (χ4n) is 1.72. The highest BCUT2D eigenvalue weighted by Gasteiger charge is 2.13. The smallest absolute Gasteiger partial charge is 0.175 e. The topological polar surface area (TPSA) is 50.7 Å². The Kier molecular flexibility index (Phi) is 7.95. The van der Waals surface area contributed by atoms with Crippen LogP contribution >= 0.6 is 15.9 Å². The predicted octanol–water partition coefficient (Wildman–Crippen LogP) is 3.11. The van der Waals surface area contributed by atoms with Crippen LogP contribution in [0.3, 0.4) is 0 Å². The van der Waals surface area contributed by atoms with Crippen LogP contribution in [0, 0.1) is 0 Å². The molecule has 0 amide bonds. The third-order valence-electron chi connectivity index (χ3n) is 2.94. The maximum absolute atomic E-state index is 9.58. The highest BCUT2D eigenvalue weighted by Crippen LogP contribution is 2.36. The molecule has 0 fully saturated rings. The van der Waals surface area contributed by atoms with Gasteiger partial charge in [-0.05, 0) is 53.0 Å². The van der Waals surface area contributed by atoms with Crippen molar-refractivity contribution in [2.45, 2.75) is 39.3 Å². The molecule has 0 heterocycles. The van der Waals surface area contributed by atoms with E-state index in [1.165, 1.54) is 0 Å². The highest BCUT2D eigenvalue weighted by molar-refractivity contribution is 9.10. The molecule has 0 aliphatic rings. The van der Waals surface area contributed by atoms with E-state index in [0.29, 0.717) is 17.9 Å². The number of aliphatic hydroxyl groups is 1. The van der Waals surface area contributed by atoms with Crippen LogP contribution in [0.1, 0.15) is 32.3 Å². The monoisotopic (exact) mass is 345 g/mol. The van der Waals surface area contributed by atoms with Gasteiger partial charge in [-0.25, -0.2) is 0 Å². The molecule has 2 N–H and O–H groups in total. The molecule has 114 valence electrons. The van der Waals surface area contributed by atoms with Gasteiger partial charge in [-0.15, -0.1) is 0 Å². The van der Waals surface area contributed by atoms with Gasteiger partial charge < -0.3 is 19.9 Å². The number of aliphatic hydroxyl groups excluding tert-OH is 1. The van der Waals surface area contributed by atoms with Crippen LogP contribution in [0.4, 0.5) is 0 Å². The van der Waals surface area contributed by atoms with Crippen molar-refractivity contribution in [3.63, 3.8) is 0 Å². The summed E-state index contributed by atoms with van der Waals surface area (Å²) in [6, 6.07) is 3.97. The zero-order chi connectivity index (χ0) is 15.0. The van der Waals surface area contributed by atoms with Crippen molar-refractivity contribution in [2.24, 2.45) is 0 Å². The van der Waals surface area contributed by atoms with Crippen LogP contribution in [0.25, 0.3) is 0 Å². The van der Waals surface area contributed by atoms with Gasteiger partial charge in [-0.3, -0.25) is 0 Å². The standard InChI is InChI=1S/C15H24BrNO3/c1-4-6-17-9-11-7-13(16)15(14(8-11)19-3)20-10-12(18)5-2/h7-8,12,17-18H,4-6,9-10H2,1-3H3. The number of halogens is 1. The molecule has 0 saturated heterocycles. The molecule has 0 aromatic heterocycles. The molecular weight excluding hydrogens is 322 g/mol. The van der Waals surface area contributed by atoms with E-state index in [1.807, 2.05) is 19.1 Å². The first-order valence-corrected chi connectivity index (χ1v) is 7.79. The number of ether oxygens (including phenoxy) is 2. The molecule has 0 saturated carbocycles. The van der Waals surface area contributed by atoms with Crippen molar-refractivity contribution in [3.8, 4) is 11.5 Å². The summed E-state index contributed by atoms with van der Waals surface area (Å²) in [5, 5.41) is 12.9. The molecule has 1 aromatic rings. The predicted molar refractivity (Wildman–Crippen MR) is 84.5 cm³/mol. The average molecular weight is 346 g/mol. The van der Waals surface area contributed by atoms with Gasteiger partial charge in [0.25, 0.3) is 0 Å². The van der Waals surface area contributed by atoms with Crippen LogP contribution in [0.15, 0.2) is 16.6 Å². The molecule has 1 atom stereocenters. The van der Waals surface area contributed by atoms with Crippen molar-refractivity contribution >= 4 is 15.9 Å². The van der Waals surface area contributed by atoms with Gasteiger partial charge >= 0.3 is 0 Å². The van der Waals surface area contributed by atoms with Crippen molar-refractivity contribution in [3.05, 3.63) is 22.2 Å². The highest BCUT2D eigenvalue weighted by atomic mass is 79.9. The Bertz CT molecular complexity index is 412. The number of nitrogens with one attached hydrogen (secondary N) is 1. The van der Waals surface area contributed by atoms with Crippen molar-refractivity contribution in [1.29, 1.82) is 0 Å². The van der Waals surface area contributed by atoms with E-state index in [-0.39, 0.29) is 6.61 Å². The molecule has 5 heteroatoms. The van der Waals surface area contributed by atoms with Gasteiger partial charge in [-0.1, -0.05) is 13.8 Å². The second-order valence-corrected chi connectivity index (χ2v) is 5.51. The fourth-order valence-corrected chi connectivity index (χ4v) is 2.33. The Labute approximate surface area is 129 Å². The maximum atomic E-state index is 9.58. The summed E-state index contributed by atoms with van der Waals surface area (Å²) in [5.74, 6) is 1.32. The minimum Gasteiger partial charge on any atom is -0.493 e. The molecule has 1 rings (SSSR count). The lowest BCUT2D eigenvalue weighted by Gasteiger charge is -2.16. The molecule has 1 aromatic carbocycles. The van der Waals surface area contributed by atoms with E-state index in [1.54, 1.807) is 7.11 Å². The quantitative estimate of drug-likeness (QED) is 0.675. The summed E-state index contributed by atoms with van der Waals surface area (Å²) < 4.78 is 11.9. The molecule has 0 spiro atoms. The lowest BCUT2D eigenvalue weighted by molar-refractivity contribution is 0.102. The summed E-state index contributed by atoms with van der Waals surface area (Å²) in [5.41, 5.74) is 1.13. The lowest BCUT2D eigenvalue weighted by atomic mass is 10.2. The zero-order valence-corrected chi connectivity index (χ0v) is 14.0. The van der Waals surface area contributed by atoms with E-state index in [4.69, 9.17) is 9.47 Å². The molecule has 1 unspecified atom stereocenters. The molecule has 0 aliphatic carbocycles. The van der Waals surface area contributed by atoms with Crippen LogP contribution in [0.5, 0.6) is 11.5 Å². The Hall–Kier alpha value is -0.780. The molecular formula is C15H24BrNO3. The largest absolute Gasteiger partial charge is 0.493 e. The van der Waals surface area contributed by atoms with E-state index >= 15 is 0 Å². The first-order chi connectivity index (χ1) is 9.62. The van der Waals surface area contributed by atoms with Crippen LogP contribution in [-0.2, 0) is 6.54 Å². The number of benzene rings is 1. The number of rotatable bonds is 9. The summed E-state index contributed by atoms with van der Waals surface area (Å²) in [6.45, 7) is 6.10. The Morgan fingerprint density at radius 2 is 2.10 bits per heavy atom. The SMILES string of the molecule is CCCNCc1cc(Br)c(OCC(O)CC)c(OC)c1. The van der Waals surface area contributed by atoms with Crippen molar-refractivity contribution in [2.75, 3.05) is 20.3 Å². The number of hydrogen-bond donors (Lipinski definition) is 2. The van der Waals surface area contributed by atoms with Crippen molar-refractivity contribution < 1.29 is 14.6 Å². The second kappa shape index (κ2) is 9.21. The van der Waals surface area contributed by atoms with Gasteiger partial charge in [0.05, 0.1) is 17.7 Å². The molecule has 0 radical (unpaired) electrons. The summed E-state index contributed by atoms with van der Waals surface area (Å²) in [4.78, 5) is 0. The molecule has 4 nitrogen and oxygen atoms in total. The lowest BCUT2D eigenvalue weighted by Crippen LogP contribution is -2.17. The van der Waals surface area contributed by atoms with E-state index in [9.17, 15) is 5.11 Å². The second-order valence-electron chi connectivity index (χ2n) is 4.66. The average Bonchev–Trinajstić information content (AvgIpc) is 2.45. The third kappa shape index (κ3) is 5.31. The number of hydrogen-bond acceptors (Lipinski definition) is 4. The van der Waals surface area contributed by atoms with Gasteiger partial charge in [0, 0.05) is 6.54 Å². The van der Waals surface area contributed by atoms with E-state index in [2.05, 4.69) is 28.2 Å². The summed E-state index contributed by atoms with van der Waals surface area (Å²) in [7, 11) is 1.62. The van der Waals surface area contributed by atoms with Crippen LogP contribution < -0.4 is 14.8 Å². The van der Waals surface area contributed by atoms with Crippen molar-refractivity contribution in [1.82, 2.24) is 5.32 Å². The van der Waals surface area contributed by atoms with Crippen LogP contribution in [0.2, 0.25) is 0 Å². The zero-order valence-electron chi connectivity index (χ0n) is 12.4. The van der Waals surface area contributed by atoms with Gasteiger partial charge in [-0.2, -0.15) is 0 Å².